The summed E-state index contributed by atoms with van der Waals surface area (Å²) in [7, 11) is 1.54. The SMILES string of the molecule is CCCCCCCCCCCCCCCCCCCCCCCC/C=C/CC/C=C/C(O)C(COP(=O)(O)OCC[N+](C)(C)C)NC(C)=O. The van der Waals surface area contributed by atoms with Crippen molar-refractivity contribution < 1.29 is 32.9 Å². The number of phosphoric ester groups is 1. The van der Waals surface area contributed by atoms with Crippen LogP contribution in [0.4, 0.5) is 0 Å². The monoisotopic (exact) mass is 716 g/mol. The first-order valence-corrected chi connectivity index (χ1v) is 21.7. The Bertz CT molecular complexity index is 860. The number of phosphoric acid groups is 1. The summed E-state index contributed by atoms with van der Waals surface area (Å²) in [6.07, 6.45) is 40.5. The smallest absolute Gasteiger partial charge is 0.387 e. The van der Waals surface area contributed by atoms with Crippen molar-refractivity contribution in [1.29, 1.82) is 0 Å². The molecule has 9 heteroatoms. The molecule has 0 radical (unpaired) electrons. The van der Waals surface area contributed by atoms with E-state index in [2.05, 4.69) is 24.4 Å². The summed E-state index contributed by atoms with van der Waals surface area (Å²) in [5, 5.41) is 13.1. The minimum Gasteiger partial charge on any atom is -0.387 e. The molecule has 3 N–H and O–H groups in total. The van der Waals surface area contributed by atoms with E-state index in [1.165, 1.54) is 148 Å². The normalized spacial score (nSPS) is 14.8. The van der Waals surface area contributed by atoms with Gasteiger partial charge >= 0.3 is 7.82 Å². The van der Waals surface area contributed by atoms with Crippen LogP contribution in [0.1, 0.15) is 174 Å². The third-order valence-corrected chi connectivity index (χ3v) is 9.94. The van der Waals surface area contributed by atoms with Gasteiger partial charge in [0.05, 0.1) is 39.9 Å². The number of allylic oxidation sites excluding steroid dienone is 3. The number of carbonyl (C=O) groups excluding carboxylic acids is 1. The van der Waals surface area contributed by atoms with Crippen LogP contribution in [0.3, 0.4) is 0 Å². The lowest BCUT2D eigenvalue weighted by Crippen LogP contribution is -2.44. The van der Waals surface area contributed by atoms with E-state index >= 15 is 0 Å². The van der Waals surface area contributed by atoms with Gasteiger partial charge in [0.15, 0.2) is 0 Å². The Hall–Kier alpha value is -1.02. The highest BCUT2D eigenvalue weighted by Gasteiger charge is 2.27. The van der Waals surface area contributed by atoms with Gasteiger partial charge in [-0.15, -0.1) is 0 Å². The number of nitrogens with zero attached hydrogens (tertiary/aromatic N) is 1. The molecule has 0 saturated heterocycles. The Morgan fingerprint density at radius 3 is 1.51 bits per heavy atom. The van der Waals surface area contributed by atoms with E-state index in [9.17, 15) is 19.4 Å². The Morgan fingerprint density at radius 1 is 0.673 bits per heavy atom. The molecule has 0 aliphatic rings. The predicted molar refractivity (Wildman–Crippen MR) is 208 cm³/mol. The second-order valence-electron chi connectivity index (χ2n) is 15.1. The number of hydrogen-bond acceptors (Lipinski definition) is 5. The van der Waals surface area contributed by atoms with E-state index in [0.717, 1.165) is 19.3 Å². The average molecular weight is 716 g/mol. The van der Waals surface area contributed by atoms with Crippen molar-refractivity contribution in [2.45, 2.75) is 187 Å². The maximum Gasteiger partial charge on any atom is 0.472 e. The van der Waals surface area contributed by atoms with E-state index in [4.69, 9.17) is 9.05 Å². The predicted octanol–water partition coefficient (Wildman–Crippen LogP) is 10.6. The van der Waals surface area contributed by atoms with Gasteiger partial charge in [-0.3, -0.25) is 13.8 Å². The van der Waals surface area contributed by atoms with Gasteiger partial charge in [-0.05, 0) is 25.7 Å². The topological polar surface area (TPSA) is 105 Å². The second kappa shape index (κ2) is 32.9. The van der Waals surface area contributed by atoms with Gasteiger partial charge in [0.1, 0.15) is 13.2 Å². The van der Waals surface area contributed by atoms with Crippen LogP contribution in [0.25, 0.3) is 0 Å². The van der Waals surface area contributed by atoms with Crippen LogP contribution < -0.4 is 5.32 Å². The first-order chi connectivity index (χ1) is 23.5. The maximum absolute atomic E-state index is 12.2. The third-order valence-electron chi connectivity index (χ3n) is 8.96. The van der Waals surface area contributed by atoms with Gasteiger partial charge in [-0.1, -0.05) is 166 Å². The summed E-state index contributed by atoms with van der Waals surface area (Å²) < 4.78 is 22.8. The minimum atomic E-state index is -4.29. The molecule has 0 aromatic carbocycles. The molecule has 290 valence electrons. The Kier molecular flexibility index (Phi) is 32.2. The van der Waals surface area contributed by atoms with Crippen molar-refractivity contribution in [3.8, 4) is 0 Å². The molecule has 0 aliphatic carbocycles. The van der Waals surface area contributed by atoms with Crippen molar-refractivity contribution in [3.05, 3.63) is 24.3 Å². The van der Waals surface area contributed by atoms with E-state index in [-0.39, 0.29) is 19.1 Å². The molecule has 0 bridgehead atoms. The number of carbonyl (C=O) groups is 1. The average Bonchev–Trinajstić information content (AvgIpc) is 3.03. The molecule has 0 fully saturated rings. The number of likely N-dealkylation sites (N-methyl/N-ethyl adjacent to an activating group) is 1. The van der Waals surface area contributed by atoms with Crippen LogP contribution >= 0.6 is 7.82 Å². The quantitative estimate of drug-likeness (QED) is 0.0258. The fourth-order valence-electron chi connectivity index (χ4n) is 5.80. The van der Waals surface area contributed by atoms with E-state index < -0.39 is 20.0 Å². The summed E-state index contributed by atoms with van der Waals surface area (Å²) in [4.78, 5) is 21.5. The molecule has 49 heavy (non-hydrogen) atoms. The lowest BCUT2D eigenvalue weighted by Gasteiger charge is -2.25. The van der Waals surface area contributed by atoms with Crippen LogP contribution in [-0.4, -0.2) is 73.4 Å². The van der Waals surface area contributed by atoms with Crippen LogP contribution in [0.15, 0.2) is 24.3 Å². The van der Waals surface area contributed by atoms with Crippen molar-refractivity contribution in [1.82, 2.24) is 5.32 Å². The largest absolute Gasteiger partial charge is 0.472 e. The number of unbranched alkanes of at least 4 members (excludes halogenated alkanes) is 23. The van der Waals surface area contributed by atoms with Crippen molar-refractivity contribution in [2.24, 2.45) is 0 Å². The summed E-state index contributed by atoms with van der Waals surface area (Å²) in [6.45, 7) is 3.85. The number of aliphatic hydroxyl groups excluding tert-OH is 1. The van der Waals surface area contributed by atoms with Crippen LogP contribution in [0.5, 0.6) is 0 Å². The van der Waals surface area contributed by atoms with Crippen LogP contribution in [0.2, 0.25) is 0 Å². The van der Waals surface area contributed by atoms with Crippen LogP contribution in [0, 0.1) is 0 Å². The van der Waals surface area contributed by atoms with Gasteiger partial charge in [-0.25, -0.2) is 4.57 Å². The highest BCUT2D eigenvalue weighted by Crippen LogP contribution is 2.43. The second-order valence-corrected chi connectivity index (χ2v) is 16.6. The molecule has 0 saturated carbocycles. The molecule has 8 nitrogen and oxygen atoms in total. The zero-order valence-electron chi connectivity index (χ0n) is 32.7. The molecule has 1 amide bonds. The van der Waals surface area contributed by atoms with Crippen molar-refractivity contribution >= 4 is 13.7 Å². The van der Waals surface area contributed by atoms with Gasteiger partial charge in [0.2, 0.25) is 5.91 Å². The van der Waals surface area contributed by atoms with Gasteiger partial charge in [-0.2, -0.15) is 0 Å². The Labute approximate surface area is 303 Å². The molecule has 0 heterocycles. The zero-order chi connectivity index (χ0) is 36.5. The third kappa shape index (κ3) is 36.6. The molecular weight excluding hydrogens is 635 g/mol. The molecule has 0 rings (SSSR count). The van der Waals surface area contributed by atoms with E-state index in [1.807, 2.05) is 27.2 Å². The lowest BCUT2D eigenvalue weighted by atomic mass is 10.0. The van der Waals surface area contributed by atoms with Gasteiger partial charge in [0.25, 0.3) is 0 Å². The summed E-state index contributed by atoms with van der Waals surface area (Å²) in [5.74, 6) is -0.363. The number of hydrogen-bond donors (Lipinski definition) is 3. The molecule has 0 spiro atoms. The summed E-state index contributed by atoms with van der Waals surface area (Å²) in [6, 6.07) is -0.860. The molecule has 3 unspecified atom stereocenters. The van der Waals surface area contributed by atoms with E-state index in [0.29, 0.717) is 11.0 Å². The number of nitrogens with one attached hydrogen (secondary N) is 1. The first-order valence-electron chi connectivity index (χ1n) is 20.2. The lowest BCUT2D eigenvalue weighted by molar-refractivity contribution is -0.870. The molecule has 0 aromatic rings. The number of rotatable bonds is 36. The number of amides is 1. The Balaban J connectivity index is 3.71. The maximum atomic E-state index is 12.2. The summed E-state index contributed by atoms with van der Waals surface area (Å²) >= 11 is 0. The zero-order valence-corrected chi connectivity index (χ0v) is 33.6. The van der Waals surface area contributed by atoms with Crippen molar-refractivity contribution in [3.63, 3.8) is 0 Å². The summed E-state index contributed by atoms with van der Waals surface area (Å²) in [5.41, 5.74) is 0. The Morgan fingerprint density at radius 2 is 1.08 bits per heavy atom. The molecule has 0 aliphatic heterocycles. The first kappa shape index (κ1) is 48.0. The number of aliphatic hydroxyl groups is 1. The molecule has 3 atom stereocenters. The van der Waals surface area contributed by atoms with Crippen LogP contribution in [-0.2, 0) is 18.4 Å². The number of quaternary nitrogens is 1. The molecule has 0 aromatic heterocycles. The fourth-order valence-corrected chi connectivity index (χ4v) is 6.53. The van der Waals surface area contributed by atoms with Gasteiger partial charge in [0, 0.05) is 6.92 Å². The van der Waals surface area contributed by atoms with E-state index in [1.54, 1.807) is 6.08 Å². The molecular formula is C40H80N2O6P+. The van der Waals surface area contributed by atoms with Gasteiger partial charge < -0.3 is 19.8 Å². The fraction of sp³-hybridized carbons (Fsp3) is 0.875. The highest BCUT2D eigenvalue weighted by atomic mass is 31.2. The van der Waals surface area contributed by atoms with Crippen molar-refractivity contribution in [2.75, 3.05) is 40.9 Å². The standard InChI is InChI=1S/C40H79N2O6P/c1-6-7-8-9-10-11-12-13-14-15-16-17-18-19-20-21-22-23-24-25-26-27-28-29-30-31-32-33-34-40(44)39(41-38(2)43)37-48-49(45,46)47-36-35-42(3,4)5/h29-30,33-34,39-40,44H,6-28,31-32,35-37H2,1-5H3,(H-,41,43,45,46)/p+1/b30-29+,34-33+. The minimum absolute atomic E-state index is 0.0533. The highest BCUT2D eigenvalue weighted by molar-refractivity contribution is 7.47.